The molecule has 2 rings (SSSR count). The number of aromatic nitrogens is 1. The van der Waals surface area contributed by atoms with Gasteiger partial charge in [-0.05, 0) is 52.7 Å². The molecule has 1 atom stereocenters. The van der Waals surface area contributed by atoms with Crippen molar-refractivity contribution >= 4 is 15.9 Å². The van der Waals surface area contributed by atoms with Gasteiger partial charge in [-0.2, -0.15) is 0 Å². The number of rotatable bonds is 5. The molecule has 0 aliphatic heterocycles. The van der Waals surface area contributed by atoms with Crippen molar-refractivity contribution in [2.45, 2.75) is 57.4 Å². The van der Waals surface area contributed by atoms with Gasteiger partial charge in [0, 0.05) is 22.9 Å². The Morgan fingerprint density at radius 1 is 1.28 bits per heavy atom. The van der Waals surface area contributed by atoms with Crippen LogP contribution >= 0.6 is 15.9 Å². The molecule has 0 aromatic carbocycles. The van der Waals surface area contributed by atoms with E-state index in [-0.39, 0.29) is 6.04 Å². The Morgan fingerprint density at radius 2 is 2.06 bits per heavy atom. The number of nitrogens with two attached hydrogens (primary N) is 1. The lowest BCUT2D eigenvalue weighted by molar-refractivity contribution is 0.323. The predicted octanol–water partition coefficient (Wildman–Crippen LogP) is 4.07. The van der Waals surface area contributed by atoms with E-state index in [1.165, 1.54) is 44.1 Å². The van der Waals surface area contributed by atoms with Crippen LogP contribution in [0.4, 0.5) is 0 Å². The quantitative estimate of drug-likeness (QED) is 0.890. The van der Waals surface area contributed by atoms with Crippen LogP contribution in [0.1, 0.15) is 50.5 Å². The highest BCUT2D eigenvalue weighted by Crippen LogP contribution is 2.27. The summed E-state index contributed by atoms with van der Waals surface area (Å²) in [5, 5.41) is 0. The van der Waals surface area contributed by atoms with Crippen molar-refractivity contribution in [1.82, 2.24) is 4.98 Å². The largest absolute Gasteiger partial charge is 0.327 e. The molecule has 0 bridgehead atoms. The normalized spacial score (nSPS) is 18.8. The van der Waals surface area contributed by atoms with E-state index in [0.29, 0.717) is 0 Å². The smallest absolute Gasteiger partial charge is 0.0410 e. The topological polar surface area (TPSA) is 38.9 Å². The Morgan fingerprint density at radius 3 is 2.78 bits per heavy atom. The molecule has 1 heterocycles. The summed E-state index contributed by atoms with van der Waals surface area (Å²) in [7, 11) is 0. The molecule has 0 amide bonds. The Bertz CT molecular complexity index is 361. The molecule has 1 unspecified atom stereocenters. The van der Waals surface area contributed by atoms with Crippen LogP contribution in [-0.4, -0.2) is 11.0 Å². The van der Waals surface area contributed by atoms with Crippen LogP contribution in [0.2, 0.25) is 0 Å². The highest BCUT2D eigenvalue weighted by atomic mass is 79.9. The fraction of sp³-hybridized carbons (Fsp3) is 0.667. The molecule has 1 aliphatic rings. The molecule has 2 nitrogen and oxygen atoms in total. The van der Waals surface area contributed by atoms with E-state index >= 15 is 0 Å². The van der Waals surface area contributed by atoms with E-state index in [0.717, 1.165) is 23.2 Å². The summed E-state index contributed by atoms with van der Waals surface area (Å²) in [6, 6.07) is 2.40. The average Bonchev–Trinajstić information content (AvgIpc) is 2.38. The van der Waals surface area contributed by atoms with Gasteiger partial charge in [-0.25, -0.2) is 0 Å². The fourth-order valence-corrected chi connectivity index (χ4v) is 3.31. The van der Waals surface area contributed by atoms with Gasteiger partial charge >= 0.3 is 0 Å². The molecule has 1 aliphatic carbocycles. The molecule has 18 heavy (non-hydrogen) atoms. The van der Waals surface area contributed by atoms with Crippen molar-refractivity contribution in [1.29, 1.82) is 0 Å². The zero-order valence-corrected chi connectivity index (χ0v) is 12.5. The van der Waals surface area contributed by atoms with E-state index in [2.05, 4.69) is 27.0 Å². The molecule has 2 N–H and O–H groups in total. The Balaban J connectivity index is 1.72. The molecule has 0 spiro atoms. The minimum absolute atomic E-state index is 0.281. The summed E-state index contributed by atoms with van der Waals surface area (Å²) in [5.74, 6) is 0.936. The van der Waals surface area contributed by atoms with Crippen molar-refractivity contribution in [3.05, 3.63) is 28.5 Å². The van der Waals surface area contributed by atoms with Gasteiger partial charge in [-0.1, -0.05) is 32.1 Å². The van der Waals surface area contributed by atoms with E-state index in [1.54, 1.807) is 0 Å². The highest BCUT2D eigenvalue weighted by Gasteiger charge is 2.14. The molecular weight excluding hydrogens is 288 g/mol. The highest BCUT2D eigenvalue weighted by molar-refractivity contribution is 9.10. The first-order valence-corrected chi connectivity index (χ1v) is 7.88. The van der Waals surface area contributed by atoms with Crippen molar-refractivity contribution in [2.24, 2.45) is 11.7 Å². The summed E-state index contributed by atoms with van der Waals surface area (Å²) in [5.41, 5.74) is 7.47. The van der Waals surface area contributed by atoms with Gasteiger partial charge in [-0.15, -0.1) is 0 Å². The Labute approximate surface area is 119 Å². The molecule has 1 fully saturated rings. The zero-order valence-electron chi connectivity index (χ0n) is 10.9. The van der Waals surface area contributed by atoms with Crippen LogP contribution in [0.25, 0.3) is 0 Å². The summed E-state index contributed by atoms with van der Waals surface area (Å²) in [6.45, 7) is 0. The molecule has 0 saturated heterocycles. The van der Waals surface area contributed by atoms with Gasteiger partial charge in [0.2, 0.25) is 0 Å². The molecule has 100 valence electrons. The SMILES string of the molecule is NC(CCC1CCCCC1)Cc1cncc(Br)c1. The lowest BCUT2D eigenvalue weighted by Gasteiger charge is -2.22. The first-order valence-electron chi connectivity index (χ1n) is 7.09. The van der Waals surface area contributed by atoms with E-state index in [1.807, 2.05) is 12.4 Å². The standard InChI is InChI=1S/C15H23BrN2/c16-14-8-13(10-18-11-14)9-15(17)7-6-12-4-2-1-3-5-12/h8,10-12,15H,1-7,9,17H2. The second kappa shape index (κ2) is 7.25. The molecular formula is C15H23BrN2. The Kier molecular flexibility index (Phi) is 5.64. The van der Waals surface area contributed by atoms with Crippen molar-refractivity contribution in [3.63, 3.8) is 0 Å². The molecule has 3 heteroatoms. The summed E-state index contributed by atoms with van der Waals surface area (Å²) >= 11 is 3.45. The van der Waals surface area contributed by atoms with E-state index in [4.69, 9.17) is 5.73 Å². The van der Waals surface area contributed by atoms with Crippen LogP contribution < -0.4 is 5.73 Å². The van der Waals surface area contributed by atoms with Crippen molar-refractivity contribution < 1.29 is 0 Å². The first-order chi connectivity index (χ1) is 8.74. The second-order valence-corrected chi connectivity index (χ2v) is 6.47. The zero-order chi connectivity index (χ0) is 12.8. The Hall–Kier alpha value is -0.410. The molecule has 1 aromatic rings. The number of nitrogens with zero attached hydrogens (tertiary/aromatic N) is 1. The monoisotopic (exact) mass is 310 g/mol. The van der Waals surface area contributed by atoms with Crippen LogP contribution in [0.3, 0.4) is 0 Å². The summed E-state index contributed by atoms with van der Waals surface area (Å²) in [6.07, 6.45) is 14.3. The first kappa shape index (κ1) is 14.0. The number of hydrogen-bond donors (Lipinski definition) is 1. The van der Waals surface area contributed by atoms with Crippen LogP contribution in [0.15, 0.2) is 22.9 Å². The lowest BCUT2D eigenvalue weighted by atomic mass is 9.85. The van der Waals surface area contributed by atoms with Crippen LogP contribution in [0.5, 0.6) is 0 Å². The molecule has 1 aromatic heterocycles. The maximum Gasteiger partial charge on any atom is 0.0410 e. The van der Waals surface area contributed by atoms with Crippen LogP contribution in [0, 0.1) is 5.92 Å². The summed E-state index contributed by atoms with van der Waals surface area (Å²) < 4.78 is 1.04. The maximum atomic E-state index is 6.23. The summed E-state index contributed by atoms with van der Waals surface area (Å²) in [4.78, 5) is 4.18. The van der Waals surface area contributed by atoms with Gasteiger partial charge in [0.1, 0.15) is 0 Å². The van der Waals surface area contributed by atoms with Gasteiger partial charge < -0.3 is 5.73 Å². The number of hydrogen-bond acceptors (Lipinski definition) is 2. The molecule has 1 saturated carbocycles. The van der Waals surface area contributed by atoms with Crippen molar-refractivity contribution in [2.75, 3.05) is 0 Å². The third-order valence-electron chi connectivity index (χ3n) is 3.93. The fourth-order valence-electron chi connectivity index (χ4n) is 2.90. The van der Waals surface area contributed by atoms with E-state index < -0.39 is 0 Å². The lowest BCUT2D eigenvalue weighted by Crippen LogP contribution is -2.24. The number of halogens is 1. The van der Waals surface area contributed by atoms with Gasteiger partial charge in [0.05, 0.1) is 0 Å². The minimum Gasteiger partial charge on any atom is -0.327 e. The van der Waals surface area contributed by atoms with Gasteiger partial charge in [-0.3, -0.25) is 4.98 Å². The second-order valence-electron chi connectivity index (χ2n) is 5.56. The number of pyridine rings is 1. The third kappa shape index (κ3) is 4.69. The molecule has 0 radical (unpaired) electrons. The van der Waals surface area contributed by atoms with Crippen molar-refractivity contribution in [3.8, 4) is 0 Å². The predicted molar refractivity (Wildman–Crippen MR) is 79.4 cm³/mol. The average molecular weight is 311 g/mol. The minimum atomic E-state index is 0.281. The van der Waals surface area contributed by atoms with Crippen LogP contribution in [-0.2, 0) is 6.42 Å². The van der Waals surface area contributed by atoms with Gasteiger partial charge in [0.25, 0.3) is 0 Å². The van der Waals surface area contributed by atoms with E-state index in [9.17, 15) is 0 Å². The van der Waals surface area contributed by atoms with Gasteiger partial charge in [0.15, 0.2) is 0 Å². The maximum absolute atomic E-state index is 6.23. The third-order valence-corrected chi connectivity index (χ3v) is 4.36.